The van der Waals surface area contributed by atoms with Crippen molar-refractivity contribution in [2.24, 2.45) is 0 Å². The summed E-state index contributed by atoms with van der Waals surface area (Å²) < 4.78 is 12.9. The number of benzene rings is 2. The number of anilines is 1. The second kappa shape index (κ2) is 9.56. The van der Waals surface area contributed by atoms with Gasteiger partial charge in [0.25, 0.3) is 0 Å². The Morgan fingerprint density at radius 1 is 1.28 bits per heavy atom. The van der Waals surface area contributed by atoms with Gasteiger partial charge < -0.3 is 14.8 Å². The maximum absolute atomic E-state index is 12.7. The molecule has 0 saturated carbocycles. The molecule has 3 aromatic rings. The molecule has 0 radical (unpaired) electrons. The summed E-state index contributed by atoms with van der Waals surface area (Å²) in [7, 11) is 2.97. The number of aromatic nitrogens is 3. The van der Waals surface area contributed by atoms with Gasteiger partial charge in [0.1, 0.15) is 11.8 Å². The van der Waals surface area contributed by atoms with E-state index in [2.05, 4.69) is 26.2 Å². The number of rotatable bonds is 6. The van der Waals surface area contributed by atoms with Gasteiger partial charge in [0.15, 0.2) is 0 Å². The molecule has 166 valence electrons. The third-order valence-electron chi connectivity index (χ3n) is 5.04. The smallest absolute Gasteiger partial charge is 0.338 e. The van der Waals surface area contributed by atoms with E-state index in [4.69, 9.17) is 26.2 Å². The molecule has 1 aliphatic rings. The van der Waals surface area contributed by atoms with Gasteiger partial charge in [0.05, 0.1) is 24.3 Å². The second-order valence-electron chi connectivity index (χ2n) is 6.99. The summed E-state index contributed by atoms with van der Waals surface area (Å²) in [6, 6.07) is 12.8. The van der Waals surface area contributed by atoms with Gasteiger partial charge in [-0.15, -0.1) is 5.10 Å². The highest BCUT2D eigenvalue weighted by Crippen LogP contribution is 2.39. The molecular formula is C22H20BrClN4O3S. The van der Waals surface area contributed by atoms with Crippen molar-refractivity contribution in [1.29, 1.82) is 0 Å². The lowest BCUT2D eigenvalue weighted by molar-refractivity contribution is -0.136. The number of nitrogens with one attached hydrogen (secondary N) is 1. The van der Waals surface area contributed by atoms with Crippen molar-refractivity contribution in [3.05, 3.63) is 74.4 Å². The van der Waals surface area contributed by atoms with E-state index in [1.165, 1.54) is 18.9 Å². The number of hydrogen-bond donors (Lipinski definition) is 1. The standard InChI is InChI=1S/C22H20BrClN4O3S/c1-12-18(20(29)31-3)19(13-8-9-17(30-2)15(23)10-13)28-21(25-12)26-22(27-28)32-11-14-6-4-5-7-16(14)24/h4-10,19H,11H2,1-3H3,(H,25,26,27). The van der Waals surface area contributed by atoms with E-state index >= 15 is 0 Å². The summed E-state index contributed by atoms with van der Waals surface area (Å²) in [6.45, 7) is 1.83. The molecule has 1 N–H and O–H groups in total. The quantitative estimate of drug-likeness (QED) is 0.332. The van der Waals surface area contributed by atoms with E-state index in [0.717, 1.165) is 15.6 Å². The Balaban J connectivity index is 1.73. The van der Waals surface area contributed by atoms with Crippen LogP contribution in [-0.4, -0.2) is 35.0 Å². The number of nitrogens with zero attached hydrogens (tertiary/aromatic N) is 3. The Morgan fingerprint density at radius 2 is 2.06 bits per heavy atom. The molecule has 7 nitrogen and oxygen atoms in total. The molecule has 0 saturated heterocycles. The number of methoxy groups -OCH3 is 2. The van der Waals surface area contributed by atoms with Crippen LogP contribution in [0.5, 0.6) is 5.75 Å². The summed E-state index contributed by atoms with van der Waals surface area (Å²) in [4.78, 5) is 17.3. The summed E-state index contributed by atoms with van der Waals surface area (Å²) in [5.41, 5.74) is 2.97. The van der Waals surface area contributed by atoms with E-state index in [0.29, 0.717) is 38.9 Å². The van der Waals surface area contributed by atoms with E-state index in [1.54, 1.807) is 11.8 Å². The Kier molecular flexibility index (Phi) is 6.78. The fraction of sp³-hybridized carbons (Fsp3) is 0.227. The van der Waals surface area contributed by atoms with Crippen molar-refractivity contribution in [3.8, 4) is 5.75 Å². The maximum Gasteiger partial charge on any atom is 0.338 e. The van der Waals surface area contributed by atoms with Gasteiger partial charge in [0.2, 0.25) is 11.1 Å². The number of halogens is 2. The molecule has 0 spiro atoms. The topological polar surface area (TPSA) is 78.3 Å². The van der Waals surface area contributed by atoms with E-state index in [1.807, 2.05) is 49.4 Å². The number of allylic oxidation sites excluding steroid dienone is 1. The van der Waals surface area contributed by atoms with Crippen LogP contribution >= 0.6 is 39.3 Å². The number of carbonyl (C=O) groups excluding carboxylic acids is 1. The largest absolute Gasteiger partial charge is 0.496 e. The molecule has 0 aliphatic carbocycles. The molecule has 1 aliphatic heterocycles. The van der Waals surface area contributed by atoms with Gasteiger partial charge >= 0.3 is 5.97 Å². The summed E-state index contributed by atoms with van der Waals surface area (Å²) in [5.74, 6) is 1.43. The zero-order chi connectivity index (χ0) is 22.8. The summed E-state index contributed by atoms with van der Waals surface area (Å²) in [5, 5.41) is 9.16. The van der Waals surface area contributed by atoms with Gasteiger partial charge in [-0.25, -0.2) is 9.48 Å². The SMILES string of the molecule is COC(=O)C1=C(C)Nc2nc(SCc3ccccc3Cl)nn2C1c1ccc(OC)c(Br)c1. The highest BCUT2D eigenvalue weighted by atomic mass is 79.9. The number of carbonyl (C=O) groups is 1. The molecule has 32 heavy (non-hydrogen) atoms. The van der Waals surface area contributed by atoms with Crippen LogP contribution in [0.2, 0.25) is 5.02 Å². The van der Waals surface area contributed by atoms with E-state index in [-0.39, 0.29) is 0 Å². The first kappa shape index (κ1) is 22.7. The molecule has 0 bridgehead atoms. The van der Waals surface area contributed by atoms with Gasteiger partial charge in [-0.3, -0.25) is 0 Å². The molecule has 0 fully saturated rings. The zero-order valence-electron chi connectivity index (χ0n) is 17.6. The van der Waals surface area contributed by atoms with Crippen molar-refractivity contribution in [2.45, 2.75) is 23.9 Å². The van der Waals surface area contributed by atoms with Crippen molar-refractivity contribution in [1.82, 2.24) is 14.8 Å². The number of hydrogen-bond acceptors (Lipinski definition) is 7. The van der Waals surface area contributed by atoms with Crippen LogP contribution in [0.3, 0.4) is 0 Å². The molecule has 2 aromatic carbocycles. The lowest BCUT2D eigenvalue weighted by Crippen LogP contribution is -2.29. The van der Waals surface area contributed by atoms with Crippen LogP contribution in [0.15, 0.2) is 63.4 Å². The normalized spacial score (nSPS) is 15.2. The molecule has 1 atom stereocenters. The summed E-state index contributed by atoms with van der Waals surface area (Å²) in [6.07, 6.45) is 0. The van der Waals surface area contributed by atoms with Crippen LogP contribution in [0.1, 0.15) is 24.1 Å². The van der Waals surface area contributed by atoms with Gasteiger partial charge in [-0.2, -0.15) is 4.98 Å². The van der Waals surface area contributed by atoms with Crippen molar-refractivity contribution in [2.75, 3.05) is 19.5 Å². The van der Waals surface area contributed by atoms with Crippen molar-refractivity contribution < 1.29 is 14.3 Å². The highest BCUT2D eigenvalue weighted by Gasteiger charge is 2.35. The minimum Gasteiger partial charge on any atom is -0.496 e. The lowest BCUT2D eigenvalue weighted by Gasteiger charge is -2.28. The molecule has 2 heterocycles. The van der Waals surface area contributed by atoms with E-state index < -0.39 is 12.0 Å². The first-order valence-corrected chi connectivity index (χ1v) is 11.8. The van der Waals surface area contributed by atoms with Gasteiger partial charge in [0, 0.05) is 16.5 Å². The maximum atomic E-state index is 12.7. The van der Waals surface area contributed by atoms with E-state index in [9.17, 15) is 4.79 Å². The molecule has 10 heteroatoms. The highest BCUT2D eigenvalue weighted by molar-refractivity contribution is 9.10. The molecule has 4 rings (SSSR count). The molecule has 1 aromatic heterocycles. The first-order valence-electron chi connectivity index (χ1n) is 9.65. The summed E-state index contributed by atoms with van der Waals surface area (Å²) >= 11 is 11.3. The van der Waals surface area contributed by atoms with Crippen LogP contribution in [0, 0.1) is 0 Å². The van der Waals surface area contributed by atoms with Gasteiger partial charge in [-0.05, 0) is 52.2 Å². The van der Waals surface area contributed by atoms with Crippen LogP contribution in [0.4, 0.5) is 5.95 Å². The fourth-order valence-electron chi connectivity index (χ4n) is 3.49. The third kappa shape index (κ3) is 4.37. The number of thioether (sulfide) groups is 1. The Bertz CT molecular complexity index is 1210. The zero-order valence-corrected chi connectivity index (χ0v) is 20.7. The second-order valence-corrected chi connectivity index (χ2v) is 9.20. The predicted molar refractivity (Wildman–Crippen MR) is 128 cm³/mol. The first-order chi connectivity index (χ1) is 15.4. The van der Waals surface area contributed by atoms with Crippen molar-refractivity contribution in [3.63, 3.8) is 0 Å². The molecule has 1 unspecified atom stereocenters. The monoisotopic (exact) mass is 534 g/mol. The molecular weight excluding hydrogens is 516 g/mol. The Labute approximate surface area is 203 Å². The van der Waals surface area contributed by atoms with Crippen LogP contribution < -0.4 is 10.1 Å². The van der Waals surface area contributed by atoms with Crippen LogP contribution in [0.25, 0.3) is 0 Å². The Hall–Kier alpha value is -2.49. The molecule has 0 amide bonds. The average Bonchev–Trinajstić information content (AvgIpc) is 3.19. The van der Waals surface area contributed by atoms with Gasteiger partial charge in [-0.1, -0.05) is 47.6 Å². The minimum atomic E-state index is -0.511. The number of ether oxygens (including phenoxy) is 2. The third-order valence-corrected chi connectivity index (χ3v) is 6.92. The fourth-order valence-corrected chi connectivity index (χ4v) is 5.16. The number of esters is 1. The Morgan fingerprint density at radius 3 is 2.75 bits per heavy atom. The predicted octanol–water partition coefficient (Wildman–Crippen LogP) is 5.46. The minimum absolute atomic E-state index is 0.432. The van der Waals surface area contributed by atoms with Crippen LogP contribution in [-0.2, 0) is 15.3 Å². The average molecular weight is 536 g/mol. The number of fused-ring (bicyclic) bond motifs is 1. The van der Waals surface area contributed by atoms with Crippen molar-refractivity contribution >= 4 is 51.2 Å². The lowest BCUT2D eigenvalue weighted by atomic mass is 9.96.